The molecule has 0 amide bonds. The summed E-state index contributed by atoms with van der Waals surface area (Å²) >= 11 is 0. The maximum Gasteiger partial charge on any atom is 0.253 e. The van der Waals surface area contributed by atoms with Gasteiger partial charge in [0.25, 0.3) is 5.78 Å². The zero-order chi connectivity index (χ0) is 8.43. The third-order valence-corrected chi connectivity index (χ3v) is 1.22. The highest BCUT2D eigenvalue weighted by Crippen LogP contribution is 2.07. The average Bonchev–Trinajstić information content (AvgIpc) is 2.34. The molecule has 0 spiro atoms. The summed E-state index contributed by atoms with van der Waals surface area (Å²) in [6.07, 6.45) is -1.99. The molecule has 0 saturated carbocycles. The van der Waals surface area contributed by atoms with E-state index in [0.717, 1.165) is 0 Å². The van der Waals surface area contributed by atoms with Crippen molar-refractivity contribution in [2.45, 2.75) is 13.2 Å². The Morgan fingerprint density at radius 1 is 1.55 bits per heavy atom. The topological polar surface area (TPSA) is 70.7 Å². The molecule has 11 heavy (non-hydrogen) atoms. The number of carbonyl (C=O) groups excluding carboxylic acids is 1. The van der Waals surface area contributed by atoms with Gasteiger partial charge in [0, 0.05) is 0 Å². The van der Waals surface area contributed by atoms with Gasteiger partial charge in [0.1, 0.15) is 5.76 Å². The van der Waals surface area contributed by atoms with Crippen LogP contribution in [0.4, 0.5) is 0 Å². The number of hydrogen-bond donors (Lipinski definition) is 2. The van der Waals surface area contributed by atoms with E-state index in [9.17, 15) is 4.79 Å². The van der Waals surface area contributed by atoms with Crippen LogP contribution in [-0.2, 0) is 0 Å². The summed E-state index contributed by atoms with van der Waals surface area (Å²) < 4.78 is 4.84. The number of hydrogen-bond acceptors (Lipinski definition) is 4. The van der Waals surface area contributed by atoms with Crippen LogP contribution < -0.4 is 0 Å². The zero-order valence-corrected chi connectivity index (χ0v) is 5.94. The molecule has 4 heteroatoms. The van der Waals surface area contributed by atoms with Crippen molar-refractivity contribution in [3.63, 3.8) is 0 Å². The zero-order valence-electron chi connectivity index (χ0n) is 5.94. The van der Waals surface area contributed by atoms with Crippen LogP contribution in [-0.4, -0.2) is 22.3 Å². The maximum absolute atomic E-state index is 10.8. The van der Waals surface area contributed by atoms with Crippen molar-refractivity contribution in [3.05, 3.63) is 23.7 Å². The van der Waals surface area contributed by atoms with Gasteiger partial charge in [-0.2, -0.15) is 0 Å². The van der Waals surface area contributed by atoms with Crippen LogP contribution in [0.25, 0.3) is 0 Å². The molecular weight excluding hydrogens is 148 g/mol. The summed E-state index contributed by atoms with van der Waals surface area (Å²) in [5, 5.41) is 16.9. The van der Waals surface area contributed by atoms with Crippen molar-refractivity contribution in [1.29, 1.82) is 0 Å². The van der Waals surface area contributed by atoms with E-state index in [1.807, 2.05) is 0 Å². The highest BCUT2D eigenvalue weighted by molar-refractivity contribution is 5.95. The quantitative estimate of drug-likeness (QED) is 0.470. The van der Waals surface area contributed by atoms with Gasteiger partial charge in [0.15, 0.2) is 5.76 Å². The van der Waals surface area contributed by atoms with Gasteiger partial charge in [0.05, 0.1) is 0 Å². The molecule has 0 radical (unpaired) electrons. The monoisotopic (exact) mass is 156 g/mol. The molecule has 0 unspecified atom stereocenters. The molecule has 2 N–H and O–H groups in total. The first kappa shape index (κ1) is 7.97. The molecule has 1 rings (SSSR count). The van der Waals surface area contributed by atoms with Crippen LogP contribution in [0, 0.1) is 6.92 Å². The minimum Gasteiger partial charge on any atom is -0.458 e. The lowest BCUT2D eigenvalue weighted by molar-refractivity contribution is -0.0213. The Labute approximate surface area is 63.1 Å². The second-order valence-electron chi connectivity index (χ2n) is 2.15. The van der Waals surface area contributed by atoms with Gasteiger partial charge >= 0.3 is 0 Å². The van der Waals surface area contributed by atoms with Gasteiger partial charge in [-0.3, -0.25) is 4.79 Å². The molecule has 1 aromatic rings. The molecule has 0 bridgehead atoms. The first-order valence-corrected chi connectivity index (χ1v) is 3.08. The lowest BCUT2D eigenvalue weighted by Crippen LogP contribution is -2.18. The van der Waals surface area contributed by atoms with E-state index in [1.165, 1.54) is 6.07 Å². The fraction of sp³-hybridized carbons (Fsp3) is 0.286. The van der Waals surface area contributed by atoms with E-state index in [1.54, 1.807) is 13.0 Å². The number of rotatable bonds is 2. The Morgan fingerprint density at radius 2 is 2.18 bits per heavy atom. The fourth-order valence-electron chi connectivity index (χ4n) is 0.694. The standard InChI is InChI=1S/C7H8O4/c1-4-2-3-5(11-4)6(8)7(9)10/h2-3,7,9-10H,1H3. The molecule has 0 aliphatic carbocycles. The van der Waals surface area contributed by atoms with Gasteiger partial charge in [0.2, 0.25) is 6.29 Å². The minimum absolute atomic E-state index is 0.0301. The summed E-state index contributed by atoms with van der Waals surface area (Å²) in [5.41, 5.74) is 0. The molecular formula is C7H8O4. The first-order chi connectivity index (χ1) is 5.11. The Hall–Kier alpha value is -1.13. The van der Waals surface area contributed by atoms with Crippen LogP contribution in [0.3, 0.4) is 0 Å². The molecule has 4 nitrogen and oxygen atoms in total. The number of aliphatic hydroxyl groups excluding tert-OH is 1. The van der Waals surface area contributed by atoms with Crippen molar-refractivity contribution in [2.75, 3.05) is 0 Å². The SMILES string of the molecule is Cc1ccc(C(=O)C(O)O)o1. The van der Waals surface area contributed by atoms with E-state index in [-0.39, 0.29) is 5.76 Å². The Balaban J connectivity index is 2.85. The fourth-order valence-corrected chi connectivity index (χ4v) is 0.694. The highest BCUT2D eigenvalue weighted by Gasteiger charge is 2.16. The molecule has 1 aromatic heterocycles. The number of ketones is 1. The summed E-state index contributed by atoms with van der Waals surface area (Å²) in [5.74, 6) is -0.287. The summed E-state index contributed by atoms with van der Waals surface area (Å²) in [7, 11) is 0. The van der Waals surface area contributed by atoms with Gasteiger partial charge in [-0.1, -0.05) is 0 Å². The van der Waals surface area contributed by atoms with Crippen LogP contribution in [0.2, 0.25) is 0 Å². The van der Waals surface area contributed by atoms with Crippen molar-refractivity contribution in [2.24, 2.45) is 0 Å². The molecule has 0 aliphatic rings. The summed E-state index contributed by atoms with van der Waals surface area (Å²) in [6.45, 7) is 1.67. The number of furan rings is 1. The third kappa shape index (κ3) is 1.66. The number of aliphatic hydroxyl groups is 2. The average molecular weight is 156 g/mol. The van der Waals surface area contributed by atoms with Crippen LogP contribution >= 0.6 is 0 Å². The lowest BCUT2D eigenvalue weighted by atomic mass is 10.3. The molecule has 0 atom stereocenters. The second kappa shape index (κ2) is 2.86. The van der Waals surface area contributed by atoms with Crippen LogP contribution in [0.1, 0.15) is 16.3 Å². The Morgan fingerprint density at radius 3 is 2.55 bits per heavy atom. The number of carbonyl (C=O) groups is 1. The molecule has 0 saturated heterocycles. The molecule has 60 valence electrons. The predicted molar refractivity (Wildman–Crippen MR) is 36.0 cm³/mol. The first-order valence-electron chi connectivity index (χ1n) is 3.08. The molecule has 0 fully saturated rings. The van der Waals surface area contributed by atoms with Crippen molar-refractivity contribution in [3.8, 4) is 0 Å². The van der Waals surface area contributed by atoms with Crippen LogP contribution in [0.15, 0.2) is 16.5 Å². The van der Waals surface area contributed by atoms with Crippen LogP contribution in [0.5, 0.6) is 0 Å². The summed E-state index contributed by atoms with van der Waals surface area (Å²) in [6, 6.07) is 2.98. The van der Waals surface area contributed by atoms with Crippen molar-refractivity contribution < 1.29 is 19.4 Å². The molecule has 0 aliphatic heterocycles. The summed E-state index contributed by atoms with van der Waals surface area (Å²) in [4.78, 5) is 10.8. The lowest BCUT2D eigenvalue weighted by Gasteiger charge is -1.96. The van der Waals surface area contributed by atoms with E-state index in [0.29, 0.717) is 5.76 Å². The third-order valence-electron chi connectivity index (χ3n) is 1.22. The Bertz CT molecular complexity index is 261. The van der Waals surface area contributed by atoms with Gasteiger partial charge in [-0.15, -0.1) is 0 Å². The molecule has 1 heterocycles. The van der Waals surface area contributed by atoms with Gasteiger partial charge in [-0.05, 0) is 19.1 Å². The van der Waals surface area contributed by atoms with Gasteiger partial charge < -0.3 is 14.6 Å². The van der Waals surface area contributed by atoms with Gasteiger partial charge in [-0.25, -0.2) is 0 Å². The number of aryl methyl sites for hydroxylation is 1. The largest absolute Gasteiger partial charge is 0.458 e. The van der Waals surface area contributed by atoms with E-state index >= 15 is 0 Å². The Kier molecular flexibility index (Phi) is 2.07. The number of Topliss-reactive ketones (excluding diaryl/α,β-unsaturated/α-hetero) is 1. The normalized spacial score (nSPS) is 10.5. The second-order valence-corrected chi connectivity index (χ2v) is 2.15. The van der Waals surface area contributed by atoms with Crippen molar-refractivity contribution >= 4 is 5.78 Å². The van der Waals surface area contributed by atoms with E-state index < -0.39 is 12.1 Å². The molecule has 0 aromatic carbocycles. The smallest absolute Gasteiger partial charge is 0.253 e. The van der Waals surface area contributed by atoms with Crippen molar-refractivity contribution in [1.82, 2.24) is 0 Å². The van der Waals surface area contributed by atoms with E-state index in [4.69, 9.17) is 14.6 Å². The van der Waals surface area contributed by atoms with E-state index in [2.05, 4.69) is 0 Å². The minimum atomic E-state index is -1.99. The maximum atomic E-state index is 10.8. The predicted octanol–water partition coefficient (Wildman–Crippen LogP) is 0.0814. The highest BCUT2D eigenvalue weighted by atomic mass is 16.5.